The van der Waals surface area contributed by atoms with Crippen molar-refractivity contribution in [3.8, 4) is 34.1 Å². The van der Waals surface area contributed by atoms with Gasteiger partial charge in [0.1, 0.15) is 5.76 Å². The lowest BCUT2D eigenvalue weighted by molar-refractivity contribution is -0.695. The van der Waals surface area contributed by atoms with Crippen LogP contribution in [0.5, 0.6) is 0 Å². The second-order valence-electron chi connectivity index (χ2n) is 7.04. The van der Waals surface area contributed by atoms with Crippen molar-refractivity contribution in [1.82, 2.24) is 9.97 Å². The van der Waals surface area contributed by atoms with Crippen LogP contribution in [0.2, 0.25) is 5.02 Å². The molecule has 5 rings (SSSR count). The number of furan rings is 1. The Bertz CT molecular complexity index is 1300. The third-order valence-electron chi connectivity index (χ3n) is 5.01. The Labute approximate surface area is 189 Å². The van der Waals surface area contributed by atoms with Crippen molar-refractivity contribution in [2.75, 3.05) is 0 Å². The molecule has 3 heterocycles. The van der Waals surface area contributed by atoms with Crippen molar-refractivity contribution in [3.05, 3.63) is 96.3 Å². The molecule has 0 unspecified atom stereocenters. The van der Waals surface area contributed by atoms with Crippen LogP contribution in [0.15, 0.2) is 106 Å². The fourth-order valence-corrected chi connectivity index (χ4v) is 4.56. The summed E-state index contributed by atoms with van der Waals surface area (Å²) in [5, 5.41) is 1.82. The van der Waals surface area contributed by atoms with E-state index in [0.29, 0.717) is 0 Å². The first kappa shape index (κ1) is 19.7. The lowest BCUT2D eigenvalue weighted by Crippen LogP contribution is -2.31. The first-order valence-electron chi connectivity index (χ1n) is 9.80. The zero-order valence-corrected chi connectivity index (χ0v) is 18.3. The minimum absolute atomic E-state index is 0.728. The van der Waals surface area contributed by atoms with E-state index in [2.05, 4.69) is 45.8 Å². The van der Waals surface area contributed by atoms with Gasteiger partial charge in [0, 0.05) is 27.2 Å². The van der Waals surface area contributed by atoms with Gasteiger partial charge in [0.15, 0.2) is 11.4 Å². The van der Waals surface area contributed by atoms with Crippen LogP contribution in [0.3, 0.4) is 0 Å². The molecule has 0 amide bonds. The van der Waals surface area contributed by atoms with E-state index in [9.17, 15) is 0 Å². The number of nitrogens with one attached hydrogen (secondary N) is 1. The minimum atomic E-state index is 0.728. The lowest BCUT2D eigenvalue weighted by Gasteiger charge is -2.03. The van der Waals surface area contributed by atoms with Crippen LogP contribution in [0.25, 0.3) is 34.1 Å². The molecule has 0 aliphatic heterocycles. The number of pyridine rings is 1. The molecule has 0 aliphatic rings. The van der Waals surface area contributed by atoms with Gasteiger partial charge in [-0.15, -0.1) is 0 Å². The summed E-state index contributed by atoms with van der Waals surface area (Å²) in [6.45, 7) is 0. The van der Waals surface area contributed by atoms with Gasteiger partial charge in [0.05, 0.1) is 13.3 Å². The van der Waals surface area contributed by atoms with Crippen LogP contribution in [0.1, 0.15) is 0 Å². The number of aromatic nitrogens is 3. The molecule has 2 aromatic carbocycles. The van der Waals surface area contributed by atoms with E-state index in [1.54, 1.807) is 24.2 Å². The van der Waals surface area contributed by atoms with E-state index in [-0.39, 0.29) is 0 Å². The minimum Gasteiger partial charge on any atom is -0.464 e. The molecule has 0 saturated heterocycles. The van der Waals surface area contributed by atoms with E-state index in [4.69, 9.17) is 16.0 Å². The predicted octanol–water partition coefficient (Wildman–Crippen LogP) is 6.63. The topological polar surface area (TPSA) is 45.7 Å². The van der Waals surface area contributed by atoms with E-state index in [0.717, 1.165) is 49.0 Å². The van der Waals surface area contributed by atoms with Gasteiger partial charge in [-0.1, -0.05) is 29.8 Å². The summed E-state index contributed by atoms with van der Waals surface area (Å²) in [4.78, 5) is 9.24. The molecule has 1 N–H and O–H groups in total. The highest BCUT2D eigenvalue weighted by molar-refractivity contribution is 7.99. The second kappa shape index (κ2) is 8.46. The highest BCUT2D eigenvalue weighted by Gasteiger charge is 2.26. The molecule has 0 spiro atoms. The van der Waals surface area contributed by atoms with E-state index in [1.165, 1.54) is 0 Å². The number of nitrogens with zero attached hydrogens (tertiary/aromatic N) is 2. The number of benzene rings is 2. The smallest absolute Gasteiger partial charge is 0.306 e. The highest BCUT2D eigenvalue weighted by atomic mass is 35.5. The summed E-state index contributed by atoms with van der Waals surface area (Å²) < 4.78 is 7.67. The van der Waals surface area contributed by atoms with Gasteiger partial charge < -0.3 is 4.42 Å². The Balaban J connectivity index is 1.60. The van der Waals surface area contributed by atoms with Crippen LogP contribution >= 0.6 is 23.4 Å². The van der Waals surface area contributed by atoms with Crippen molar-refractivity contribution in [1.29, 1.82) is 0 Å². The number of hydrogen-bond acceptors (Lipinski definition) is 3. The van der Waals surface area contributed by atoms with Crippen LogP contribution in [0.4, 0.5) is 0 Å². The Morgan fingerprint density at radius 3 is 2.35 bits per heavy atom. The summed E-state index contributed by atoms with van der Waals surface area (Å²) in [5.74, 6) is 1.80. The summed E-state index contributed by atoms with van der Waals surface area (Å²) in [5.41, 5.74) is 4.06. The third kappa shape index (κ3) is 4.02. The van der Waals surface area contributed by atoms with Crippen LogP contribution in [-0.2, 0) is 7.05 Å². The Hall–Kier alpha value is -3.28. The standard InChI is InChI=1S/C25H18ClN3OS/c1-29-24(21-5-2-3-15-27-21)28-23(25(29)31-20-13-11-19(26)12-14-20)18-9-7-17(8-10-18)22-6-4-16-30-22/h2-16H,1H3/p+1. The van der Waals surface area contributed by atoms with Crippen molar-refractivity contribution < 1.29 is 8.98 Å². The maximum absolute atomic E-state index is 6.08. The molecular formula is C25H19ClN3OS+. The van der Waals surface area contributed by atoms with Gasteiger partial charge in [-0.3, -0.25) is 0 Å². The summed E-state index contributed by atoms with van der Waals surface area (Å²) in [6, 6.07) is 26.0. The first-order chi connectivity index (χ1) is 15.2. The number of hydrogen-bond donors (Lipinski definition) is 1. The van der Waals surface area contributed by atoms with Gasteiger partial charge in [0.25, 0.3) is 0 Å². The molecule has 0 fully saturated rings. The number of rotatable bonds is 5. The van der Waals surface area contributed by atoms with Crippen LogP contribution in [-0.4, -0.2) is 9.97 Å². The van der Waals surface area contributed by atoms with Gasteiger partial charge in [0.2, 0.25) is 5.03 Å². The molecular weight excluding hydrogens is 426 g/mol. The van der Waals surface area contributed by atoms with E-state index in [1.807, 2.05) is 54.6 Å². The molecule has 0 radical (unpaired) electrons. The number of imidazole rings is 1. The lowest BCUT2D eigenvalue weighted by atomic mass is 10.1. The molecule has 4 nitrogen and oxygen atoms in total. The highest BCUT2D eigenvalue weighted by Crippen LogP contribution is 2.36. The first-order valence-corrected chi connectivity index (χ1v) is 11.0. The fourth-order valence-electron chi connectivity index (χ4n) is 3.44. The molecule has 31 heavy (non-hydrogen) atoms. The zero-order valence-electron chi connectivity index (χ0n) is 16.7. The average Bonchev–Trinajstić information content (AvgIpc) is 3.45. The predicted molar refractivity (Wildman–Crippen MR) is 124 cm³/mol. The SMILES string of the molecule is C[n+]1c(-c2ccccn2)[nH]c(-c2ccc(-c3ccco3)cc2)c1Sc1ccc(Cl)cc1. The molecule has 3 aromatic heterocycles. The molecule has 0 atom stereocenters. The summed E-state index contributed by atoms with van der Waals surface area (Å²) in [7, 11) is 2.06. The Morgan fingerprint density at radius 2 is 1.68 bits per heavy atom. The number of H-pyrrole nitrogens is 1. The maximum Gasteiger partial charge on any atom is 0.306 e. The normalized spacial score (nSPS) is 11.0. The summed E-state index contributed by atoms with van der Waals surface area (Å²) >= 11 is 7.77. The van der Waals surface area contributed by atoms with Crippen molar-refractivity contribution >= 4 is 23.4 Å². The quantitative estimate of drug-likeness (QED) is 0.309. The van der Waals surface area contributed by atoms with E-state index >= 15 is 0 Å². The Morgan fingerprint density at radius 1 is 0.903 bits per heavy atom. The van der Waals surface area contributed by atoms with Gasteiger partial charge in [-0.2, -0.15) is 0 Å². The van der Waals surface area contributed by atoms with Crippen molar-refractivity contribution in [3.63, 3.8) is 0 Å². The Kier molecular flexibility index (Phi) is 5.37. The van der Waals surface area contributed by atoms with Gasteiger partial charge in [-0.25, -0.2) is 14.5 Å². The monoisotopic (exact) mass is 444 g/mol. The molecule has 0 saturated carbocycles. The average molecular weight is 445 g/mol. The van der Waals surface area contributed by atoms with Gasteiger partial charge in [-0.05, 0) is 72.4 Å². The van der Waals surface area contributed by atoms with Crippen LogP contribution < -0.4 is 4.57 Å². The maximum atomic E-state index is 6.08. The molecule has 0 bridgehead atoms. The van der Waals surface area contributed by atoms with Crippen molar-refractivity contribution in [2.45, 2.75) is 9.92 Å². The molecule has 0 aliphatic carbocycles. The fraction of sp³-hybridized carbons (Fsp3) is 0.0400. The van der Waals surface area contributed by atoms with Crippen molar-refractivity contribution in [2.24, 2.45) is 7.05 Å². The number of halogens is 1. The van der Waals surface area contributed by atoms with E-state index < -0.39 is 0 Å². The second-order valence-corrected chi connectivity index (χ2v) is 8.54. The third-order valence-corrected chi connectivity index (χ3v) is 6.44. The van der Waals surface area contributed by atoms with Gasteiger partial charge >= 0.3 is 5.82 Å². The number of aromatic amines is 1. The zero-order chi connectivity index (χ0) is 21.2. The largest absolute Gasteiger partial charge is 0.464 e. The summed E-state index contributed by atoms with van der Waals surface area (Å²) in [6.07, 6.45) is 3.49. The molecule has 5 aromatic rings. The molecule has 6 heteroatoms. The van der Waals surface area contributed by atoms with Crippen LogP contribution in [0, 0.1) is 0 Å². The molecule has 152 valence electrons.